The Morgan fingerprint density at radius 2 is 0.835 bits per heavy atom. The van der Waals surface area contributed by atoms with E-state index in [1.807, 2.05) is 31.0 Å². The lowest BCUT2D eigenvalue weighted by Gasteiger charge is -2.36. The molecule has 0 heterocycles. The molecule has 6 rings (SSSR count). The number of aromatic hydroxyl groups is 3. The van der Waals surface area contributed by atoms with Gasteiger partial charge < -0.3 is 48.5 Å². The van der Waals surface area contributed by atoms with Gasteiger partial charge in [0.1, 0.15) is 40.2 Å². The highest BCUT2D eigenvalue weighted by atomic mass is 35.5. The number of carbonyl (C=O) groups is 2. The van der Waals surface area contributed by atoms with Crippen LogP contribution in [0.2, 0.25) is 5.02 Å². The number of sulfonamides is 1. The maximum atomic E-state index is 13.6. The minimum Gasteiger partial charge on any atom is -0.508 e. The standard InChI is InChI=1S/C42H64N2O7S2.C39H61ClN4O5S.C22H38O2/c1-3-5-7-9-11-13-15-17-19-21-33-48-37-24-28-39(29-25-37)50-52(46)43-36-23-32-42(45)41(35-36)44-53(47)51-40-30-26-38(27-31-40)49-34-22-20-18-16-14-12-10-8-6-4-2;1-7-8-9-10-11-12-13-14-15-16-17-18-19-20-27-50(48,49)43-31-21-23-33(40)35(29-31)42-38(47)36(37(46)39(3,4)5)41-34-24-22-32(28-30(34)2)44(6)25-26-45;1-19(2,3)13-21(7,8)15-11-18(24)16(12-17(15)23)22(9,10)14-20(4,5)6/h23-32,35,43-45H,3-22,33-34H2,1-2H3;21-24,28-29,43,45H,7-20,25-27H2,1-6H3,(H,42,47);11-12,23-24H,13-14H2,1-10H3. The normalized spacial score (nSPS) is 12.6. The first kappa shape index (κ1) is 112. The van der Waals surface area contributed by atoms with Crippen molar-refractivity contribution in [2.24, 2.45) is 21.2 Å². The number of carbonyl (C=O) groups excluding carboxylic acids is 2. The molecule has 0 bridgehead atoms. The van der Waals surface area contributed by atoms with Gasteiger partial charge in [-0.1, -0.05) is 321 Å². The molecule has 0 saturated heterocycles. The number of nitrogens with one attached hydrogen (secondary N) is 4. The summed E-state index contributed by atoms with van der Waals surface area (Å²) in [7, 11) is -1.76. The van der Waals surface area contributed by atoms with Crippen molar-refractivity contribution in [1.82, 2.24) is 0 Å². The number of aliphatic hydroxyl groups excluding tert-OH is 1. The van der Waals surface area contributed by atoms with Crippen LogP contribution in [0.5, 0.6) is 40.2 Å². The SMILES string of the molecule is CC(C)(C)CC(C)(C)c1cc(O)c(C(C)(C)CC(C)(C)C)cc1O.CCCCCCCCCCCCCCCCS(=O)(=O)Nc1ccc(Cl)c(NC(=O)C(=Nc2ccc(N(C)CCO)cc2C)C(=O)C(C)(C)C)c1.CCCCCCCCCCCCOc1ccc(OS(=O)Nc2ccc(O)c(NS(=O)Oc3ccc(OCCCCCCCCCCCC)cc3)c2)cc1. The number of ether oxygens (including phenoxy) is 2. The van der Waals surface area contributed by atoms with Crippen molar-refractivity contribution >= 4 is 95.7 Å². The average molecular weight is 1840 g/mol. The van der Waals surface area contributed by atoms with Crippen LogP contribution in [0, 0.1) is 23.2 Å². The molecule has 0 spiro atoms. The first-order valence-corrected chi connectivity index (χ1v) is 51.5. The first-order chi connectivity index (χ1) is 60.1. The number of likely N-dealkylation sites (N-methyl/N-ethyl adjacent to an activating group) is 1. The monoisotopic (exact) mass is 1840 g/mol. The van der Waals surface area contributed by atoms with Gasteiger partial charge in [0.05, 0.1) is 59.0 Å². The summed E-state index contributed by atoms with van der Waals surface area (Å²) in [5, 5.41) is 43.9. The topological polar surface area (TPSA) is 284 Å². The number of hydrogen-bond acceptors (Lipinski definition) is 16. The van der Waals surface area contributed by atoms with Crippen molar-refractivity contribution < 1.29 is 64.7 Å². The summed E-state index contributed by atoms with van der Waals surface area (Å²) in [4.78, 5) is 33.4. The van der Waals surface area contributed by atoms with Crippen molar-refractivity contribution in [2.75, 3.05) is 63.5 Å². The van der Waals surface area contributed by atoms with Crippen molar-refractivity contribution in [3.63, 3.8) is 0 Å². The molecule has 1 amide bonds. The molecule has 24 heteroatoms. The van der Waals surface area contributed by atoms with Gasteiger partial charge in [0.25, 0.3) is 5.91 Å². The maximum Gasteiger partial charge on any atom is 0.316 e. The number of halogens is 1. The Morgan fingerprint density at radius 3 is 1.23 bits per heavy atom. The fourth-order valence-electron chi connectivity index (χ4n) is 15.9. The highest BCUT2D eigenvalue weighted by Crippen LogP contribution is 2.47. The number of unbranched alkanes of at least 4 members (excludes halogenated alkanes) is 31. The Bertz CT molecular complexity index is 4290. The van der Waals surface area contributed by atoms with Gasteiger partial charge >= 0.3 is 22.5 Å². The van der Waals surface area contributed by atoms with Crippen LogP contribution in [0.3, 0.4) is 0 Å². The predicted octanol–water partition coefficient (Wildman–Crippen LogP) is 28.3. The van der Waals surface area contributed by atoms with E-state index < -0.39 is 49.7 Å². The van der Waals surface area contributed by atoms with Crippen molar-refractivity contribution in [3.8, 4) is 40.2 Å². The molecule has 0 aliphatic rings. The Balaban J connectivity index is 0.000000426. The Hall–Kier alpha value is -7.57. The van der Waals surface area contributed by atoms with Crippen LogP contribution in [0.1, 0.15) is 359 Å². The molecule has 0 aliphatic carbocycles. The zero-order valence-electron chi connectivity index (χ0n) is 80.8. The zero-order chi connectivity index (χ0) is 94.1. The quantitative estimate of drug-likeness (QED) is 0.00579. The van der Waals surface area contributed by atoms with E-state index in [0.29, 0.717) is 60.6 Å². The number of phenolic OH excluding ortho intramolecular Hbond substituents is 3. The van der Waals surface area contributed by atoms with Gasteiger partial charge in [-0.15, -0.1) is 0 Å². The van der Waals surface area contributed by atoms with Gasteiger partial charge in [-0.2, -0.15) is 8.42 Å². The fourth-order valence-corrected chi connectivity index (χ4v) is 18.5. The number of phenols is 3. The number of amides is 1. The summed E-state index contributed by atoms with van der Waals surface area (Å²) in [6.45, 7) is 37.2. The molecule has 8 N–H and O–H groups in total. The molecule has 0 radical (unpaired) electrons. The van der Waals surface area contributed by atoms with Crippen LogP contribution in [-0.4, -0.2) is 93.8 Å². The number of ketones is 1. The number of nitrogens with zero attached hydrogens (tertiary/aromatic N) is 2. The number of hydrogen-bond donors (Lipinski definition) is 8. The third-order valence-corrected chi connectivity index (χ3v) is 25.3. The van der Waals surface area contributed by atoms with Gasteiger partial charge in [0, 0.05) is 35.8 Å². The smallest absolute Gasteiger partial charge is 0.316 e. The van der Waals surface area contributed by atoms with Crippen LogP contribution >= 0.6 is 11.6 Å². The first-order valence-electron chi connectivity index (χ1n) is 47.4. The molecular formula is C103H163ClN6O14S3. The molecule has 0 aliphatic heterocycles. The number of benzene rings is 6. The number of rotatable bonds is 60. The molecule has 2 atom stereocenters. The minimum absolute atomic E-state index is 0.000171. The molecule has 2 unspecified atom stereocenters. The lowest BCUT2D eigenvalue weighted by molar-refractivity contribution is -0.121. The van der Waals surface area contributed by atoms with E-state index in [0.717, 1.165) is 85.2 Å². The van der Waals surface area contributed by atoms with E-state index in [4.69, 9.17) is 29.4 Å². The summed E-state index contributed by atoms with van der Waals surface area (Å²) in [5.41, 5.74) is 3.31. The summed E-state index contributed by atoms with van der Waals surface area (Å²) < 4.78 is 81.8. The van der Waals surface area contributed by atoms with Gasteiger partial charge in [-0.25, -0.2) is 13.4 Å². The summed E-state index contributed by atoms with van der Waals surface area (Å²) >= 11 is 2.46. The molecular weight excluding hydrogens is 1680 g/mol. The van der Waals surface area contributed by atoms with Gasteiger partial charge in [-0.3, -0.25) is 23.8 Å². The molecule has 6 aromatic rings. The molecule has 127 heavy (non-hydrogen) atoms. The van der Waals surface area contributed by atoms with Crippen LogP contribution in [0.4, 0.5) is 34.1 Å². The number of aryl methyl sites for hydroxylation is 1. The second-order valence-electron chi connectivity index (χ2n) is 39.0. The highest BCUT2D eigenvalue weighted by Gasteiger charge is 2.36. The van der Waals surface area contributed by atoms with Crippen molar-refractivity contribution in [1.29, 1.82) is 0 Å². The summed E-state index contributed by atoms with van der Waals surface area (Å²) in [6, 6.07) is 31.7. The third kappa shape index (κ3) is 47.2. The molecule has 0 saturated carbocycles. The number of Topliss-reactive ketones (excluding diaryl/α,β-unsaturated/α-hetero) is 1. The summed E-state index contributed by atoms with van der Waals surface area (Å²) in [6.07, 6.45) is 44.1. The molecule has 714 valence electrons. The largest absolute Gasteiger partial charge is 0.508 e. The fraction of sp³-hybridized carbons (Fsp3) is 0.621. The van der Waals surface area contributed by atoms with Crippen molar-refractivity contribution in [3.05, 3.63) is 137 Å². The Morgan fingerprint density at radius 1 is 0.457 bits per heavy atom. The lowest BCUT2D eigenvalue weighted by atomic mass is 9.69. The second-order valence-corrected chi connectivity index (χ2v) is 43.0. The van der Waals surface area contributed by atoms with Crippen LogP contribution < -0.4 is 42.2 Å². The van der Waals surface area contributed by atoms with Gasteiger partial charge in [0.15, 0.2) is 11.5 Å². The van der Waals surface area contributed by atoms with E-state index in [1.54, 1.807) is 87.5 Å². The molecule has 6 aromatic carbocycles. The van der Waals surface area contributed by atoms with E-state index >= 15 is 0 Å². The van der Waals surface area contributed by atoms with Crippen molar-refractivity contribution in [2.45, 2.75) is 360 Å². The third-order valence-electron chi connectivity index (χ3n) is 22.1. The van der Waals surface area contributed by atoms with Crippen LogP contribution in [0.15, 0.2) is 120 Å². The predicted molar refractivity (Wildman–Crippen MR) is 535 cm³/mol. The number of aliphatic hydroxyl groups is 1. The number of anilines is 5. The highest BCUT2D eigenvalue weighted by molar-refractivity contribution is 7.92. The summed E-state index contributed by atoms with van der Waals surface area (Å²) in [5.74, 6) is 1.46. The number of aliphatic imine (C=N–C) groups is 1. The van der Waals surface area contributed by atoms with E-state index in [1.165, 1.54) is 210 Å². The minimum atomic E-state index is -3.62. The zero-order valence-corrected chi connectivity index (χ0v) is 84.0. The second kappa shape index (κ2) is 59.0. The Kier molecular flexibility index (Phi) is 51.9. The van der Waals surface area contributed by atoms with E-state index in [-0.39, 0.29) is 67.6 Å². The Labute approximate surface area is 776 Å². The van der Waals surface area contributed by atoms with Crippen LogP contribution in [-0.2, 0) is 53.0 Å². The molecule has 20 nitrogen and oxygen atoms in total. The van der Waals surface area contributed by atoms with Gasteiger partial charge in [0.2, 0.25) is 10.0 Å². The molecule has 0 aromatic heterocycles. The van der Waals surface area contributed by atoms with E-state index in [2.05, 4.69) is 114 Å². The van der Waals surface area contributed by atoms with Crippen LogP contribution in [0.25, 0.3) is 0 Å². The molecule has 0 fully saturated rings. The average Bonchev–Trinajstić information content (AvgIpc) is 0.770. The van der Waals surface area contributed by atoms with E-state index in [9.17, 15) is 46.9 Å². The van der Waals surface area contributed by atoms with Gasteiger partial charge in [-0.05, 0) is 182 Å². The maximum absolute atomic E-state index is 13.6. The lowest BCUT2D eigenvalue weighted by Crippen LogP contribution is -2.37.